The van der Waals surface area contributed by atoms with E-state index < -0.39 is 0 Å². The number of rotatable bonds is 1. The Kier molecular flexibility index (Phi) is 2.37. The number of nitrogens with zero attached hydrogens (tertiary/aromatic N) is 2. The zero-order chi connectivity index (χ0) is 8.55. The molecule has 0 N–H and O–H groups in total. The molecule has 1 aliphatic heterocycles. The lowest BCUT2D eigenvalue weighted by atomic mass is 10.2. The zero-order valence-electron chi connectivity index (χ0n) is 6.43. The topological polar surface area (TPSA) is 16.1 Å². The molecule has 0 unspecified atom stereocenters. The van der Waals surface area contributed by atoms with Crippen LogP contribution in [0, 0.1) is 0 Å². The van der Waals surface area contributed by atoms with E-state index in [-0.39, 0.29) is 0 Å². The largest absolute Gasteiger partial charge is 0.369 e. The summed E-state index contributed by atoms with van der Waals surface area (Å²) in [4.78, 5) is 6.39. The van der Waals surface area contributed by atoms with Crippen molar-refractivity contribution in [3.05, 3.63) is 21.3 Å². The van der Waals surface area contributed by atoms with Crippen molar-refractivity contribution in [1.82, 2.24) is 4.98 Å². The van der Waals surface area contributed by atoms with Gasteiger partial charge in [0.15, 0.2) is 0 Å². The average molecular weight is 292 g/mol. The van der Waals surface area contributed by atoms with Gasteiger partial charge in [-0.2, -0.15) is 0 Å². The van der Waals surface area contributed by atoms with Crippen LogP contribution in [0.25, 0.3) is 0 Å². The minimum Gasteiger partial charge on any atom is -0.369 e. The second-order valence-electron chi connectivity index (χ2n) is 2.79. The van der Waals surface area contributed by atoms with Gasteiger partial charge in [0.05, 0.1) is 14.6 Å². The smallest absolute Gasteiger partial charge is 0.0686 e. The number of hydrogen-bond acceptors (Lipinski definition) is 2. The summed E-state index contributed by atoms with van der Waals surface area (Å²) in [6.07, 6.45) is 4.96. The SMILES string of the molecule is Brc1cncc(Br)c1N1CCC1. The molecule has 2 rings (SSSR count). The molecule has 0 radical (unpaired) electrons. The average Bonchev–Trinajstić information content (AvgIpc) is 1.93. The Balaban J connectivity index is 2.39. The van der Waals surface area contributed by atoms with E-state index in [1.54, 1.807) is 0 Å². The van der Waals surface area contributed by atoms with Gasteiger partial charge in [-0.05, 0) is 38.3 Å². The van der Waals surface area contributed by atoms with Crippen molar-refractivity contribution in [3.63, 3.8) is 0 Å². The molecular formula is C8H8Br2N2. The summed E-state index contributed by atoms with van der Waals surface area (Å²) in [6, 6.07) is 0. The minimum atomic E-state index is 1.07. The van der Waals surface area contributed by atoms with Crippen molar-refractivity contribution in [1.29, 1.82) is 0 Å². The second-order valence-corrected chi connectivity index (χ2v) is 4.50. The number of pyridine rings is 1. The number of anilines is 1. The lowest BCUT2D eigenvalue weighted by Crippen LogP contribution is -2.37. The molecule has 0 bridgehead atoms. The van der Waals surface area contributed by atoms with E-state index in [0.29, 0.717) is 0 Å². The Morgan fingerprint density at radius 3 is 2.17 bits per heavy atom. The van der Waals surface area contributed by atoms with E-state index in [0.717, 1.165) is 22.0 Å². The molecule has 64 valence electrons. The van der Waals surface area contributed by atoms with Crippen LogP contribution in [0.15, 0.2) is 21.3 Å². The van der Waals surface area contributed by atoms with Crippen LogP contribution in [0.4, 0.5) is 5.69 Å². The van der Waals surface area contributed by atoms with Crippen molar-refractivity contribution in [2.45, 2.75) is 6.42 Å². The molecule has 0 spiro atoms. The van der Waals surface area contributed by atoms with Gasteiger partial charge in [-0.1, -0.05) is 0 Å². The van der Waals surface area contributed by atoms with Crippen molar-refractivity contribution >= 4 is 37.5 Å². The van der Waals surface area contributed by atoms with Crippen molar-refractivity contribution in [3.8, 4) is 0 Å². The Morgan fingerprint density at radius 2 is 1.75 bits per heavy atom. The monoisotopic (exact) mass is 290 g/mol. The second kappa shape index (κ2) is 3.34. The van der Waals surface area contributed by atoms with E-state index in [2.05, 4.69) is 41.7 Å². The lowest BCUT2D eigenvalue weighted by Gasteiger charge is -2.34. The van der Waals surface area contributed by atoms with E-state index >= 15 is 0 Å². The summed E-state index contributed by atoms with van der Waals surface area (Å²) in [7, 11) is 0. The van der Waals surface area contributed by atoms with Gasteiger partial charge in [0.2, 0.25) is 0 Å². The number of halogens is 2. The van der Waals surface area contributed by atoms with E-state index in [9.17, 15) is 0 Å². The van der Waals surface area contributed by atoms with Gasteiger partial charge in [-0.3, -0.25) is 4.98 Å². The highest BCUT2D eigenvalue weighted by molar-refractivity contribution is 9.11. The maximum absolute atomic E-state index is 4.06. The first-order valence-corrected chi connectivity index (χ1v) is 5.41. The molecule has 1 aliphatic rings. The highest BCUT2D eigenvalue weighted by atomic mass is 79.9. The minimum absolute atomic E-state index is 1.07. The maximum atomic E-state index is 4.06. The normalized spacial score (nSPS) is 16.0. The third-order valence-corrected chi connectivity index (χ3v) is 3.16. The molecule has 0 aromatic carbocycles. The Morgan fingerprint density at radius 1 is 1.17 bits per heavy atom. The van der Waals surface area contributed by atoms with Gasteiger partial charge < -0.3 is 4.90 Å². The lowest BCUT2D eigenvalue weighted by molar-refractivity contribution is 0.615. The number of aromatic nitrogens is 1. The van der Waals surface area contributed by atoms with Gasteiger partial charge in [-0.15, -0.1) is 0 Å². The summed E-state index contributed by atoms with van der Waals surface area (Å²) < 4.78 is 2.13. The third-order valence-electron chi connectivity index (χ3n) is 2.00. The molecule has 0 saturated carbocycles. The predicted molar refractivity (Wildman–Crippen MR) is 56.5 cm³/mol. The first-order valence-electron chi connectivity index (χ1n) is 3.83. The molecule has 1 fully saturated rings. The maximum Gasteiger partial charge on any atom is 0.0686 e. The highest BCUT2D eigenvalue weighted by Crippen LogP contribution is 2.35. The van der Waals surface area contributed by atoms with Crippen LogP contribution in [0.2, 0.25) is 0 Å². The third kappa shape index (κ3) is 1.38. The summed E-state index contributed by atoms with van der Waals surface area (Å²) in [5.41, 5.74) is 1.23. The van der Waals surface area contributed by atoms with Crippen LogP contribution in [0.3, 0.4) is 0 Å². The first kappa shape index (κ1) is 8.51. The summed E-state index contributed by atoms with van der Waals surface area (Å²) >= 11 is 6.98. The van der Waals surface area contributed by atoms with Crippen LogP contribution in [0.5, 0.6) is 0 Å². The van der Waals surface area contributed by atoms with Crippen LogP contribution in [-0.4, -0.2) is 18.1 Å². The summed E-state index contributed by atoms with van der Waals surface area (Å²) in [5.74, 6) is 0. The molecule has 1 aromatic rings. The quantitative estimate of drug-likeness (QED) is 0.791. The van der Waals surface area contributed by atoms with Crippen LogP contribution >= 0.6 is 31.9 Å². The van der Waals surface area contributed by atoms with Crippen LogP contribution in [0.1, 0.15) is 6.42 Å². The fraction of sp³-hybridized carbons (Fsp3) is 0.375. The standard InChI is InChI=1S/C8H8Br2N2/c9-6-4-11-5-7(10)8(6)12-2-1-3-12/h4-5H,1-3H2. The van der Waals surface area contributed by atoms with Gasteiger partial charge in [0.25, 0.3) is 0 Å². The van der Waals surface area contributed by atoms with Gasteiger partial charge in [-0.25, -0.2) is 0 Å². The fourth-order valence-corrected chi connectivity index (χ4v) is 2.68. The van der Waals surface area contributed by atoms with Gasteiger partial charge >= 0.3 is 0 Å². The van der Waals surface area contributed by atoms with Crippen LogP contribution in [-0.2, 0) is 0 Å². The molecule has 12 heavy (non-hydrogen) atoms. The highest BCUT2D eigenvalue weighted by Gasteiger charge is 2.19. The molecule has 0 amide bonds. The van der Waals surface area contributed by atoms with Crippen LogP contribution < -0.4 is 4.90 Å². The number of hydrogen-bond donors (Lipinski definition) is 0. The predicted octanol–water partition coefficient (Wildman–Crippen LogP) is 2.82. The van der Waals surface area contributed by atoms with E-state index in [1.165, 1.54) is 12.1 Å². The van der Waals surface area contributed by atoms with Crippen molar-refractivity contribution in [2.24, 2.45) is 0 Å². The Bertz CT molecular complexity index is 277. The van der Waals surface area contributed by atoms with E-state index in [1.807, 2.05) is 12.4 Å². The fourth-order valence-electron chi connectivity index (χ4n) is 1.25. The molecular weight excluding hydrogens is 284 g/mol. The first-order chi connectivity index (χ1) is 5.79. The van der Waals surface area contributed by atoms with E-state index in [4.69, 9.17) is 0 Å². The molecule has 0 aliphatic carbocycles. The molecule has 1 aromatic heterocycles. The summed E-state index contributed by atoms with van der Waals surface area (Å²) in [6.45, 7) is 2.31. The molecule has 4 heteroatoms. The van der Waals surface area contributed by atoms with Crippen molar-refractivity contribution < 1.29 is 0 Å². The summed E-state index contributed by atoms with van der Waals surface area (Å²) in [5, 5.41) is 0. The zero-order valence-corrected chi connectivity index (χ0v) is 9.60. The molecule has 2 nitrogen and oxygen atoms in total. The molecule has 0 atom stereocenters. The Labute approximate surface area is 88.2 Å². The van der Waals surface area contributed by atoms with Gasteiger partial charge in [0, 0.05) is 25.5 Å². The Hall–Kier alpha value is -0.0900. The molecule has 2 heterocycles. The van der Waals surface area contributed by atoms with Crippen molar-refractivity contribution in [2.75, 3.05) is 18.0 Å². The van der Waals surface area contributed by atoms with Gasteiger partial charge in [0.1, 0.15) is 0 Å². The molecule has 1 saturated heterocycles.